The van der Waals surface area contributed by atoms with E-state index in [9.17, 15) is 0 Å². The van der Waals surface area contributed by atoms with E-state index in [0.29, 0.717) is 0 Å². The third-order valence-corrected chi connectivity index (χ3v) is 15.2. The van der Waals surface area contributed by atoms with Gasteiger partial charge in [0.1, 0.15) is 0 Å². The topological polar surface area (TPSA) is 13.0 Å². The fraction of sp³-hybridized carbons (Fsp3) is 0.0380. The fourth-order valence-corrected chi connectivity index (χ4v) is 11.0. The quantitative estimate of drug-likeness (QED) is 0.0705. The van der Waals surface area contributed by atoms with Crippen molar-refractivity contribution in [2.75, 3.05) is 19.6 Å². The summed E-state index contributed by atoms with van der Waals surface area (Å²) in [4.78, 5) is 9.27. The molecule has 400 valence electrons. The molecule has 83 heavy (non-hydrogen) atoms. The first-order chi connectivity index (χ1) is 41.0. The number of para-hydroxylation sites is 4. The maximum Gasteiger partial charge on any atom is 0.0462 e. The van der Waals surface area contributed by atoms with E-state index >= 15 is 0 Å². The van der Waals surface area contributed by atoms with E-state index in [1.165, 1.54) is 22.3 Å². The van der Waals surface area contributed by atoms with Crippen LogP contribution in [0.2, 0.25) is 0 Å². The van der Waals surface area contributed by atoms with E-state index in [4.69, 9.17) is 0 Å². The lowest BCUT2D eigenvalue weighted by molar-refractivity contribution is 1.18. The van der Waals surface area contributed by atoms with Crippen molar-refractivity contribution < 1.29 is 0 Å². The maximum absolute atomic E-state index is 3.92. The third kappa shape index (κ3) is 12.2. The SMILES string of the molecule is C=CCc1ccc(N(c2ccccc2)c2ccc(-c3ccc(N(c4ccccc4)c4ccc(Cc5ccc(N(c6ccccc6)c6ccc(-c7ccc(N(c8ccccc8)c8ccc(CC=C)cc8)cc7)cc6)cc5)cc4)cc3)cc2)cc1. The van der Waals surface area contributed by atoms with Crippen LogP contribution in [-0.4, -0.2) is 0 Å². The minimum Gasteiger partial charge on any atom is -0.311 e. The van der Waals surface area contributed by atoms with E-state index < -0.39 is 0 Å². The minimum absolute atomic E-state index is 0.814. The minimum atomic E-state index is 0.814. The molecule has 12 rings (SSSR count). The molecule has 0 atom stereocenters. The van der Waals surface area contributed by atoms with Crippen molar-refractivity contribution in [1.82, 2.24) is 0 Å². The average molecular weight is 1070 g/mol. The van der Waals surface area contributed by atoms with Gasteiger partial charge in [0.05, 0.1) is 0 Å². The molecule has 0 aliphatic carbocycles. The Morgan fingerprint density at radius 1 is 0.193 bits per heavy atom. The van der Waals surface area contributed by atoms with Crippen LogP contribution >= 0.6 is 0 Å². The van der Waals surface area contributed by atoms with Crippen molar-refractivity contribution in [3.63, 3.8) is 0 Å². The zero-order chi connectivity index (χ0) is 56.2. The largest absolute Gasteiger partial charge is 0.311 e. The van der Waals surface area contributed by atoms with Crippen LogP contribution in [0, 0.1) is 0 Å². The number of allylic oxidation sites excluding steroid dienone is 2. The van der Waals surface area contributed by atoms with Gasteiger partial charge >= 0.3 is 0 Å². The van der Waals surface area contributed by atoms with Crippen molar-refractivity contribution in [3.05, 3.63) is 363 Å². The predicted molar refractivity (Wildman–Crippen MR) is 353 cm³/mol. The van der Waals surface area contributed by atoms with Gasteiger partial charge in [-0.2, -0.15) is 0 Å². The van der Waals surface area contributed by atoms with E-state index in [1.54, 1.807) is 0 Å². The van der Waals surface area contributed by atoms with Crippen LogP contribution in [0.5, 0.6) is 0 Å². The van der Waals surface area contributed by atoms with Crippen molar-refractivity contribution in [2.24, 2.45) is 0 Å². The maximum atomic E-state index is 3.92. The van der Waals surface area contributed by atoms with Crippen molar-refractivity contribution >= 4 is 68.2 Å². The van der Waals surface area contributed by atoms with Crippen LogP contribution in [0.3, 0.4) is 0 Å². The number of hydrogen-bond donors (Lipinski definition) is 0. The first-order valence-corrected chi connectivity index (χ1v) is 28.4. The molecule has 12 aromatic rings. The van der Waals surface area contributed by atoms with Crippen molar-refractivity contribution in [1.29, 1.82) is 0 Å². The average Bonchev–Trinajstić information content (AvgIpc) is 3.63. The smallest absolute Gasteiger partial charge is 0.0462 e. The Balaban J connectivity index is 0.741. The predicted octanol–water partition coefficient (Wildman–Crippen LogP) is 21.9. The molecule has 0 bridgehead atoms. The van der Waals surface area contributed by atoms with Gasteiger partial charge in [0.25, 0.3) is 0 Å². The fourth-order valence-electron chi connectivity index (χ4n) is 11.0. The highest BCUT2D eigenvalue weighted by Gasteiger charge is 2.18. The molecule has 0 amide bonds. The summed E-state index contributed by atoms with van der Waals surface area (Å²) in [5.41, 5.74) is 22.9. The van der Waals surface area contributed by atoms with Crippen molar-refractivity contribution in [2.45, 2.75) is 19.3 Å². The van der Waals surface area contributed by atoms with Gasteiger partial charge in [0.15, 0.2) is 0 Å². The molecule has 0 saturated carbocycles. The number of rotatable bonds is 20. The molecule has 0 aliphatic heterocycles. The van der Waals surface area contributed by atoms with Gasteiger partial charge in [-0.05, 0) is 209 Å². The second-order valence-corrected chi connectivity index (χ2v) is 20.7. The molecule has 0 spiro atoms. The first kappa shape index (κ1) is 53.0. The van der Waals surface area contributed by atoms with Crippen molar-refractivity contribution in [3.8, 4) is 22.3 Å². The Hall–Kier alpha value is -10.7. The summed E-state index contributed by atoms with van der Waals surface area (Å²) in [5.74, 6) is 0. The number of anilines is 12. The van der Waals surface area contributed by atoms with E-state index in [2.05, 4.69) is 348 Å². The van der Waals surface area contributed by atoms with Crippen LogP contribution in [0.4, 0.5) is 68.2 Å². The summed E-state index contributed by atoms with van der Waals surface area (Å²) in [6, 6.07) is 113. The number of nitrogens with zero attached hydrogens (tertiary/aromatic N) is 4. The molecule has 12 aromatic carbocycles. The Bertz CT molecular complexity index is 3730. The highest BCUT2D eigenvalue weighted by Crippen LogP contribution is 2.41. The summed E-state index contributed by atoms with van der Waals surface area (Å²) < 4.78 is 0. The Kier molecular flexibility index (Phi) is 16.1. The Morgan fingerprint density at radius 2 is 0.361 bits per heavy atom. The summed E-state index contributed by atoms with van der Waals surface area (Å²) >= 11 is 0. The highest BCUT2D eigenvalue weighted by molar-refractivity contribution is 5.83. The summed E-state index contributed by atoms with van der Waals surface area (Å²) in [5, 5.41) is 0. The Morgan fingerprint density at radius 3 is 0.554 bits per heavy atom. The van der Waals surface area contributed by atoms with E-state index in [-0.39, 0.29) is 0 Å². The molecule has 0 aromatic heterocycles. The standard InChI is InChI=1S/C79H64N4/c1-3-17-60-27-43-72(44-28-60)80(68-19-9-5-10-20-68)76-51-35-64(36-52-76)66-39-55-78(56-40-66)82(70-23-13-7-14-24-70)74-47-31-62(32-48-74)59-63-33-49-75(50-34-63)83(71-25-15-8-16-26-71)79-57-41-67(42-58-79)65-37-53-77(54-38-65)81(69-21-11-6-12-22-69)73-45-29-61(18-4-2)30-46-73/h3-16,19-58H,1-2,17-18,59H2. The van der Waals surface area contributed by atoms with Crippen LogP contribution in [0.1, 0.15) is 22.3 Å². The second kappa shape index (κ2) is 25.2. The number of benzene rings is 12. The van der Waals surface area contributed by atoms with Gasteiger partial charge in [-0.3, -0.25) is 0 Å². The van der Waals surface area contributed by atoms with Crippen LogP contribution in [0.25, 0.3) is 22.3 Å². The zero-order valence-electron chi connectivity index (χ0n) is 46.5. The van der Waals surface area contributed by atoms with Gasteiger partial charge < -0.3 is 19.6 Å². The zero-order valence-corrected chi connectivity index (χ0v) is 46.5. The molecule has 4 heteroatoms. The van der Waals surface area contributed by atoms with Gasteiger partial charge in [0, 0.05) is 68.2 Å². The molecule has 0 fully saturated rings. The monoisotopic (exact) mass is 1070 g/mol. The highest BCUT2D eigenvalue weighted by atomic mass is 15.2. The molecule has 0 heterocycles. The lowest BCUT2D eigenvalue weighted by Crippen LogP contribution is -2.10. The molecule has 0 saturated heterocycles. The van der Waals surface area contributed by atoms with Gasteiger partial charge in [0.2, 0.25) is 0 Å². The molecule has 4 nitrogen and oxygen atoms in total. The second-order valence-electron chi connectivity index (χ2n) is 20.7. The summed E-state index contributed by atoms with van der Waals surface area (Å²) in [7, 11) is 0. The number of hydrogen-bond acceptors (Lipinski definition) is 4. The van der Waals surface area contributed by atoms with Gasteiger partial charge in [-0.25, -0.2) is 0 Å². The normalized spacial score (nSPS) is 10.9. The molecule has 0 N–H and O–H groups in total. The lowest BCUT2D eigenvalue weighted by atomic mass is 10.0. The van der Waals surface area contributed by atoms with Gasteiger partial charge in [-0.1, -0.05) is 182 Å². The third-order valence-electron chi connectivity index (χ3n) is 15.2. The van der Waals surface area contributed by atoms with E-state index in [1.807, 2.05) is 12.2 Å². The molecular formula is C79H64N4. The Labute approximate surface area is 489 Å². The van der Waals surface area contributed by atoms with Crippen LogP contribution in [0.15, 0.2) is 341 Å². The van der Waals surface area contributed by atoms with Crippen LogP contribution in [-0.2, 0) is 19.3 Å². The summed E-state index contributed by atoms with van der Waals surface area (Å²) in [6.07, 6.45) is 6.41. The van der Waals surface area contributed by atoms with Gasteiger partial charge in [-0.15, -0.1) is 13.2 Å². The van der Waals surface area contributed by atoms with E-state index in [0.717, 1.165) is 110 Å². The molecular weight excluding hydrogens is 1000 g/mol. The first-order valence-electron chi connectivity index (χ1n) is 28.4. The van der Waals surface area contributed by atoms with Crippen LogP contribution < -0.4 is 19.6 Å². The molecule has 0 aliphatic rings. The lowest BCUT2D eigenvalue weighted by Gasteiger charge is -2.26. The molecule has 0 unspecified atom stereocenters. The molecule has 0 radical (unpaired) electrons. The summed E-state index contributed by atoms with van der Waals surface area (Å²) in [6.45, 7) is 7.84.